The molecule has 0 atom stereocenters. The summed E-state index contributed by atoms with van der Waals surface area (Å²) in [6.45, 7) is 2.08. The van der Waals surface area contributed by atoms with Gasteiger partial charge < -0.3 is 10.2 Å². The van der Waals surface area contributed by atoms with Gasteiger partial charge in [-0.15, -0.1) is 0 Å². The summed E-state index contributed by atoms with van der Waals surface area (Å²) in [6.07, 6.45) is 1.89. The third-order valence-electron chi connectivity index (χ3n) is 4.55. The normalized spacial score (nSPS) is 11.0. The van der Waals surface area contributed by atoms with Crippen molar-refractivity contribution in [2.75, 3.05) is 24.3 Å². The average Bonchev–Trinajstić information content (AvgIpc) is 3.01. The van der Waals surface area contributed by atoms with Crippen molar-refractivity contribution in [2.45, 2.75) is 6.92 Å². The minimum absolute atomic E-state index is 0.668. The third-order valence-corrected chi connectivity index (χ3v) is 4.78. The zero-order valence-electron chi connectivity index (χ0n) is 15.6. The highest BCUT2D eigenvalue weighted by molar-refractivity contribution is 6.30. The Morgan fingerprint density at radius 3 is 2.30 bits per heavy atom. The average molecular weight is 377 g/mol. The molecule has 0 aliphatic rings. The van der Waals surface area contributed by atoms with E-state index in [1.807, 2.05) is 36.8 Å². The fourth-order valence-electron chi connectivity index (χ4n) is 3.03. The fraction of sp³-hybridized carbons (Fsp3) is 0.136. The van der Waals surface area contributed by atoms with E-state index in [1.54, 1.807) is 0 Å². The van der Waals surface area contributed by atoms with Crippen molar-refractivity contribution in [3.05, 3.63) is 77.4 Å². The van der Waals surface area contributed by atoms with Crippen LogP contribution in [0.3, 0.4) is 0 Å². The maximum absolute atomic E-state index is 6.24. The van der Waals surface area contributed by atoms with Gasteiger partial charge in [-0.2, -0.15) is 0 Å². The molecule has 0 fully saturated rings. The van der Waals surface area contributed by atoms with Crippen LogP contribution in [0.5, 0.6) is 0 Å². The lowest BCUT2D eigenvalue weighted by atomic mass is 10.1. The molecule has 0 bridgehead atoms. The third kappa shape index (κ3) is 3.49. The molecule has 2 heterocycles. The van der Waals surface area contributed by atoms with Gasteiger partial charge in [-0.3, -0.25) is 4.40 Å². The van der Waals surface area contributed by atoms with E-state index in [0.717, 1.165) is 34.1 Å². The molecule has 0 spiro atoms. The molecule has 5 heteroatoms. The molecule has 1 N–H and O–H groups in total. The van der Waals surface area contributed by atoms with Crippen LogP contribution in [0.4, 0.5) is 17.2 Å². The number of hydrogen-bond acceptors (Lipinski definition) is 3. The van der Waals surface area contributed by atoms with E-state index >= 15 is 0 Å². The first-order valence-electron chi connectivity index (χ1n) is 8.80. The molecule has 0 aliphatic heterocycles. The highest BCUT2D eigenvalue weighted by atomic mass is 35.5. The van der Waals surface area contributed by atoms with Crippen molar-refractivity contribution >= 4 is 34.4 Å². The number of nitrogens with one attached hydrogen (secondary N) is 1. The predicted octanol–water partition coefficient (Wildman–Crippen LogP) is 5.77. The Morgan fingerprint density at radius 1 is 0.926 bits per heavy atom. The standard InChI is InChI=1S/C22H21ClN4/c1-15-4-9-18(10-5-15)24-22-21(16-6-11-19(12-7-16)26(2)3)25-20-13-8-17(23)14-27(20)22/h4-14,24H,1-3H3. The van der Waals surface area contributed by atoms with E-state index < -0.39 is 0 Å². The van der Waals surface area contributed by atoms with Gasteiger partial charge in [0.25, 0.3) is 0 Å². The molecule has 0 amide bonds. The lowest BCUT2D eigenvalue weighted by Gasteiger charge is -2.13. The number of aryl methyl sites for hydroxylation is 1. The van der Waals surface area contributed by atoms with Crippen molar-refractivity contribution in [3.63, 3.8) is 0 Å². The summed E-state index contributed by atoms with van der Waals surface area (Å²) in [4.78, 5) is 6.92. The maximum Gasteiger partial charge on any atom is 0.143 e. The van der Waals surface area contributed by atoms with Gasteiger partial charge in [0, 0.05) is 37.2 Å². The van der Waals surface area contributed by atoms with Crippen LogP contribution in [0.25, 0.3) is 16.9 Å². The van der Waals surface area contributed by atoms with Gasteiger partial charge in [0.15, 0.2) is 0 Å². The molecule has 27 heavy (non-hydrogen) atoms. The Kier molecular flexibility index (Phi) is 4.50. The first kappa shape index (κ1) is 17.4. The van der Waals surface area contributed by atoms with Gasteiger partial charge in [-0.1, -0.05) is 41.4 Å². The van der Waals surface area contributed by atoms with Crippen LogP contribution < -0.4 is 10.2 Å². The number of anilines is 3. The second-order valence-electron chi connectivity index (χ2n) is 6.82. The SMILES string of the molecule is Cc1ccc(Nc2c(-c3ccc(N(C)C)cc3)nc3ccc(Cl)cn23)cc1. The number of halogens is 1. The molecule has 4 rings (SSSR count). The first-order valence-corrected chi connectivity index (χ1v) is 9.18. The number of aromatic nitrogens is 2. The molecule has 0 aliphatic carbocycles. The summed E-state index contributed by atoms with van der Waals surface area (Å²) in [5.74, 6) is 0.897. The minimum atomic E-state index is 0.668. The molecule has 2 aromatic carbocycles. The summed E-state index contributed by atoms with van der Waals surface area (Å²) in [5.41, 5.74) is 6.17. The van der Waals surface area contributed by atoms with Gasteiger partial charge in [0.2, 0.25) is 0 Å². The van der Waals surface area contributed by atoms with Crippen molar-refractivity contribution in [1.29, 1.82) is 0 Å². The molecule has 4 nitrogen and oxygen atoms in total. The summed E-state index contributed by atoms with van der Waals surface area (Å²) in [7, 11) is 4.07. The molecular weight excluding hydrogens is 356 g/mol. The van der Waals surface area contributed by atoms with Crippen LogP contribution in [-0.2, 0) is 0 Å². The maximum atomic E-state index is 6.24. The minimum Gasteiger partial charge on any atom is -0.378 e. The lowest BCUT2D eigenvalue weighted by molar-refractivity contribution is 1.13. The van der Waals surface area contributed by atoms with Crippen LogP contribution in [0.2, 0.25) is 5.02 Å². The zero-order chi connectivity index (χ0) is 19.0. The molecule has 0 radical (unpaired) electrons. The highest BCUT2D eigenvalue weighted by Gasteiger charge is 2.15. The summed E-state index contributed by atoms with van der Waals surface area (Å²) in [6, 6.07) is 20.5. The van der Waals surface area contributed by atoms with Gasteiger partial charge in [-0.05, 0) is 43.3 Å². The Bertz CT molecular complexity index is 1080. The Morgan fingerprint density at radius 2 is 1.63 bits per heavy atom. The largest absolute Gasteiger partial charge is 0.378 e. The zero-order valence-corrected chi connectivity index (χ0v) is 16.3. The molecule has 0 unspecified atom stereocenters. The summed E-state index contributed by atoms with van der Waals surface area (Å²) >= 11 is 6.24. The van der Waals surface area contributed by atoms with Gasteiger partial charge in [0.05, 0.1) is 5.02 Å². The van der Waals surface area contributed by atoms with E-state index in [9.17, 15) is 0 Å². The second-order valence-corrected chi connectivity index (χ2v) is 7.25. The number of rotatable bonds is 4. The summed E-state index contributed by atoms with van der Waals surface area (Å²) < 4.78 is 2.00. The molecule has 136 valence electrons. The van der Waals surface area contributed by atoms with Gasteiger partial charge >= 0.3 is 0 Å². The van der Waals surface area contributed by atoms with E-state index in [4.69, 9.17) is 16.6 Å². The van der Waals surface area contributed by atoms with E-state index in [0.29, 0.717) is 5.02 Å². The lowest BCUT2D eigenvalue weighted by Crippen LogP contribution is -2.07. The predicted molar refractivity (Wildman–Crippen MR) is 114 cm³/mol. The van der Waals surface area contributed by atoms with Crippen molar-refractivity contribution in [1.82, 2.24) is 9.38 Å². The Balaban J connectivity index is 1.84. The first-order chi connectivity index (χ1) is 13.0. The number of fused-ring (bicyclic) bond motifs is 1. The van der Waals surface area contributed by atoms with Gasteiger partial charge in [0.1, 0.15) is 17.2 Å². The van der Waals surface area contributed by atoms with Crippen LogP contribution in [0, 0.1) is 6.92 Å². The van der Waals surface area contributed by atoms with E-state index in [-0.39, 0.29) is 0 Å². The Labute approximate surface area is 164 Å². The smallest absolute Gasteiger partial charge is 0.143 e. The molecular formula is C22H21ClN4. The molecule has 2 aromatic heterocycles. The van der Waals surface area contributed by atoms with Gasteiger partial charge in [-0.25, -0.2) is 4.98 Å². The van der Waals surface area contributed by atoms with E-state index in [2.05, 4.69) is 65.7 Å². The quantitative estimate of drug-likeness (QED) is 0.490. The number of imidazole rings is 1. The molecule has 4 aromatic rings. The highest BCUT2D eigenvalue weighted by Crippen LogP contribution is 2.33. The van der Waals surface area contributed by atoms with E-state index in [1.165, 1.54) is 5.56 Å². The van der Waals surface area contributed by atoms with Crippen LogP contribution >= 0.6 is 11.6 Å². The van der Waals surface area contributed by atoms with Crippen LogP contribution in [0.15, 0.2) is 66.9 Å². The fourth-order valence-corrected chi connectivity index (χ4v) is 3.19. The van der Waals surface area contributed by atoms with Crippen LogP contribution in [0.1, 0.15) is 5.56 Å². The monoisotopic (exact) mass is 376 g/mol. The van der Waals surface area contributed by atoms with Crippen molar-refractivity contribution in [3.8, 4) is 11.3 Å². The molecule has 0 saturated heterocycles. The van der Waals surface area contributed by atoms with Crippen LogP contribution in [-0.4, -0.2) is 23.5 Å². The van der Waals surface area contributed by atoms with Crippen molar-refractivity contribution in [2.24, 2.45) is 0 Å². The number of pyridine rings is 1. The summed E-state index contributed by atoms with van der Waals surface area (Å²) in [5, 5.41) is 4.19. The van der Waals surface area contributed by atoms with Crippen molar-refractivity contribution < 1.29 is 0 Å². The topological polar surface area (TPSA) is 32.6 Å². The number of benzene rings is 2. The number of nitrogens with zero attached hydrogens (tertiary/aromatic N) is 3. The Hall–Kier alpha value is -2.98. The second kappa shape index (κ2) is 6.97. The molecule has 0 saturated carbocycles. The number of hydrogen-bond donors (Lipinski definition) is 1.